The minimum absolute atomic E-state index is 0.0110. The molecule has 43 heavy (non-hydrogen) atoms. The van der Waals surface area contributed by atoms with Crippen molar-refractivity contribution in [3.63, 3.8) is 0 Å². The number of nitrogens with one attached hydrogen (secondary N) is 1. The van der Waals surface area contributed by atoms with Gasteiger partial charge in [0, 0.05) is 42.0 Å². The number of rotatable bonds is 13. The molecule has 1 unspecified atom stereocenters. The smallest absolute Gasteiger partial charge is 0.243 e. The molecule has 3 aromatic rings. The van der Waals surface area contributed by atoms with Gasteiger partial charge in [0.25, 0.3) is 0 Å². The molecule has 1 saturated carbocycles. The lowest BCUT2D eigenvalue weighted by Gasteiger charge is -2.33. The highest BCUT2D eigenvalue weighted by molar-refractivity contribution is 7.92. The zero-order chi connectivity index (χ0) is 31.0. The van der Waals surface area contributed by atoms with E-state index in [-0.39, 0.29) is 54.5 Å². The number of nitrogens with zero attached hydrogens (tertiary/aromatic N) is 2. The summed E-state index contributed by atoms with van der Waals surface area (Å²) in [6.07, 6.45) is 5.61. The minimum atomic E-state index is -3.72. The highest BCUT2D eigenvalue weighted by Gasteiger charge is 2.32. The van der Waals surface area contributed by atoms with Crippen LogP contribution in [0, 0.1) is 0 Å². The Morgan fingerprint density at radius 3 is 2.21 bits per heavy atom. The maximum absolute atomic E-state index is 14.0. The molecule has 230 valence electrons. The number of anilines is 1. The Bertz CT molecular complexity index is 1500. The standard InChI is InChI=1S/C32H36Cl3N3O4S/c1-43(41,42)38(29-21-26(34)17-18-28(29)35)19-7-12-31(39)37(22-24-13-15-25(33)16-14-24)30(20-23-8-3-2-4-9-23)32(40)36-27-10-5-6-11-27/h2-4,8-9,13-18,21,27,30H,5-7,10-12,19-20,22H2,1H3,(H,36,40). The fourth-order valence-corrected chi connectivity index (χ4v) is 6.90. The summed E-state index contributed by atoms with van der Waals surface area (Å²) in [6, 6.07) is 20.7. The van der Waals surface area contributed by atoms with Crippen molar-refractivity contribution in [2.75, 3.05) is 17.1 Å². The maximum atomic E-state index is 14.0. The van der Waals surface area contributed by atoms with Crippen molar-refractivity contribution in [3.05, 3.63) is 99.0 Å². The number of amides is 2. The van der Waals surface area contributed by atoms with Gasteiger partial charge >= 0.3 is 0 Å². The molecule has 1 aliphatic rings. The van der Waals surface area contributed by atoms with Crippen LogP contribution in [0.3, 0.4) is 0 Å². The number of carbonyl (C=O) groups excluding carboxylic acids is 2. The quantitative estimate of drug-likeness (QED) is 0.216. The van der Waals surface area contributed by atoms with E-state index in [1.807, 2.05) is 42.5 Å². The van der Waals surface area contributed by atoms with Crippen LogP contribution in [0.1, 0.15) is 49.7 Å². The molecule has 0 saturated heterocycles. The van der Waals surface area contributed by atoms with Gasteiger partial charge in [-0.1, -0.05) is 90.1 Å². The molecule has 0 heterocycles. The predicted octanol–water partition coefficient (Wildman–Crippen LogP) is 6.89. The molecular weight excluding hydrogens is 629 g/mol. The van der Waals surface area contributed by atoms with E-state index in [0.717, 1.165) is 47.4 Å². The first kappa shape index (κ1) is 33.1. The van der Waals surface area contributed by atoms with E-state index < -0.39 is 16.1 Å². The van der Waals surface area contributed by atoms with Gasteiger partial charge in [0.2, 0.25) is 21.8 Å². The second kappa shape index (κ2) is 15.3. The molecule has 11 heteroatoms. The number of halogens is 3. The van der Waals surface area contributed by atoms with Gasteiger partial charge in [-0.25, -0.2) is 8.42 Å². The van der Waals surface area contributed by atoms with E-state index in [4.69, 9.17) is 34.8 Å². The Hall–Kier alpha value is -2.78. The molecule has 2 amide bonds. The average Bonchev–Trinajstić information content (AvgIpc) is 3.48. The number of sulfonamides is 1. The number of carbonyl (C=O) groups is 2. The van der Waals surface area contributed by atoms with Gasteiger partial charge in [0.15, 0.2) is 0 Å². The van der Waals surface area contributed by atoms with Crippen LogP contribution in [0.25, 0.3) is 0 Å². The second-order valence-corrected chi connectivity index (χ2v) is 14.1. The Morgan fingerprint density at radius 2 is 1.56 bits per heavy atom. The van der Waals surface area contributed by atoms with Gasteiger partial charge in [0.1, 0.15) is 6.04 Å². The topological polar surface area (TPSA) is 86.8 Å². The van der Waals surface area contributed by atoms with Crippen molar-refractivity contribution in [1.29, 1.82) is 0 Å². The molecule has 7 nitrogen and oxygen atoms in total. The van der Waals surface area contributed by atoms with E-state index in [1.165, 1.54) is 12.1 Å². The van der Waals surface area contributed by atoms with Crippen LogP contribution in [0.5, 0.6) is 0 Å². The molecule has 0 spiro atoms. The summed E-state index contributed by atoms with van der Waals surface area (Å²) >= 11 is 18.6. The van der Waals surface area contributed by atoms with E-state index in [0.29, 0.717) is 16.5 Å². The summed E-state index contributed by atoms with van der Waals surface area (Å²) in [7, 11) is -3.72. The first-order chi connectivity index (χ1) is 20.5. The zero-order valence-corrected chi connectivity index (χ0v) is 27.1. The van der Waals surface area contributed by atoms with E-state index in [2.05, 4.69) is 5.32 Å². The van der Waals surface area contributed by atoms with Crippen molar-refractivity contribution in [1.82, 2.24) is 10.2 Å². The molecule has 4 rings (SSSR count). The highest BCUT2D eigenvalue weighted by atomic mass is 35.5. The molecule has 1 fully saturated rings. The molecule has 0 aromatic heterocycles. The number of hydrogen-bond acceptors (Lipinski definition) is 4. The van der Waals surface area contributed by atoms with Gasteiger partial charge < -0.3 is 10.2 Å². The van der Waals surface area contributed by atoms with Crippen molar-refractivity contribution >= 4 is 62.3 Å². The average molecular weight is 665 g/mol. The molecule has 1 N–H and O–H groups in total. The van der Waals surface area contributed by atoms with Crippen molar-refractivity contribution in [2.24, 2.45) is 0 Å². The number of benzene rings is 3. The molecule has 0 radical (unpaired) electrons. The van der Waals surface area contributed by atoms with E-state index in [9.17, 15) is 18.0 Å². The van der Waals surface area contributed by atoms with Gasteiger partial charge in [0.05, 0.1) is 17.0 Å². The van der Waals surface area contributed by atoms with Crippen LogP contribution in [0.4, 0.5) is 5.69 Å². The van der Waals surface area contributed by atoms with Gasteiger partial charge in [-0.15, -0.1) is 0 Å². The van der Waals surface area contributed by atoms with Crippen LogP contribution in [-0.2, 0) is 32.6 Å². The van der Waals surface area contributed by atoms with Crippen molar-refractivity contribution in [3.8, 4) is 0 Å². The molecule has 1 atom stereocenters. The van der Waals surface area contributed by atoms with E-state index >= 15 is 0 Å². The zero-order valence-electron chi connectivity index (χ0n) is 24.0. The summed E-state index contributed by atoms with van der Waals surface area (Å²) in [6.45, 7) is 0.207. The van der Waals surface area contributed by atoms with Gasteiger partial charge in [-0.2, -0.15) is 0 Å². The monoisotopic (exact) mass is 663 g/mol. The van der Waals surface area contributed by atoms with E-state index in [1.54, 1.807) is 23.1 Å². The van der Waals surface area contributed by atoms with Crippen LogP contribution in [0.15, 0.2) is 72.8 Å². The third-order valence-electron chi connectivity index (χ3n) is 7.57. The van der Waals surface area contributed by atoms with Gasteiger partial charge in [-0.05, 0) is 60.7 Å². The summed E-state index contributed by atoms with van der Waals surface area (Å²) in [4.78, 5) is 29.4. The largest absolute Gasteiger partial charge is 0.352 e. The lowest BCUT2D eigenvalue weighted by molar-refractivity contribution is -0.141. The molecule has 1 aliphatic carbocycles. The fourth-order valence-electron chi connectivity index (χ4n) is 5.37. The Morgan fingerprint density at radius 1 is 0.907 bits per heavy atom. The lowest BCUT2D eigenvalue weighted by Crippen LogP contribution is -2.52. The molecule has 3 aromatic carbocycles. The van der Waals surface area contributed by atoms with Crippen molar-refractivity contribution in [2.45, 2.75) is 63.6 Å². The third kappa shape index (κ3) is 9.60. The summed E-state index contributed by atoms with van der Waals surface area (Å²) in [5, 5.41) is 4.34. The minimum Gasteiger partial charge on any atom is -0.352 e. The normalized spacial score (nSPS) is 14.3. The van der Waals surface area contributed by atoms with Crippen LogP contribution >= 0.6 is 34.8 Å². The van der Waals surface area contributed by atoms with Crippen molar-refractivity contribution < 1.29 is 18.0 Å². The van der Waals surface area contributed by atoms with Gasteiger partial charge in [-0.3, -0.25) is 13.9 Å². The van der Waals surface area contributed by atoms with Crippen LogP contribution < -0.4 is 9.62 Å². The first-order valence-electron chi connectivity index (χ1n) is 14.3. The molecular formula is C32H36Cl3N3O4S. The molecule has 0 bridgehead atoms. The van der Waals surface area contributed by atoms with Crippen LogP contribution in [-0.4, -0.2) is 50.0 Å². The summed E-state index contributed by atoms with van der Waals surface area (Å²) in [5.41, 5.74) is 2.01. The first-order valence-corrected chi connectivity index (χ1v) is 17.3. The Labute approximate surface area is 269 Å². The maximum Gasteiger partial charge on any atom is 0.243 e. The third-order valence-corrected chi connectivity index (χ3v) is 9.55. The van der Waals surface area contributed by atoms with Crippen LogP contribution in [0.2, 0.25) is 15.1 Å². The Balaban J connectivity index is 1.59. The molecule has 0 aliphatic heterocycles. The fraction of sp³-hybridized carbons (Fsp3) is 0.375. The summed E-state index contributed by atoms with van der Waals surface area (Å²) in [5.74, 6) is -0.454. The second-order valence-electron chi connectivity index (χ2n) is 10.9. The Kier molecular flexibility index (Phi) is 11.8. The predicted molar refractivity (Wildman–Crippen MR) is 174 cm³/mol. The lowest BCUT2D eigenvalue weighted by atomic mass is 10.0. The SMILES string of the molecule is CS(=O)(=O)N(CCCC(=O)N(Cc1ccc(Cl)cc1)C(Cc1ccccc1)C(=O)NC1CCCC1)c1cc(Cl)ccc1Cl. The highest BCUT2D eigenvalue weighted by Crippen LogP contribution is 2.31. The summed E-state index contributed by atoms with van der Waals surface area (Å²) < 4.78 is 26.6. The number of hydrogen-bond donors (Lipinski definition) is 1.